The van der Waals surface area contributed by atoms with Crippen molar-refractivity contribution in [3.63, 3.8) is 0 Å². The zero-order chi connectivity index (χ0) is 26.6. The predicted octanol–water partition coefficient (Wildman–Crippen LogP) is 5.56. The minimum Gasteiger partial charge on any atom is -0.492 e. The fourth-order valence-corrected chi connectivity index (χ4v) is 5.90. The minimum atomic E-state index is -4.08. The van der Waals surface area contributed by atoms with Gasteiger partial charge in [0.15, 0.2) is 0 Å². The van der Waals surface area contributed by atoms with E-state index in [4.69, 9.17) is 16.3 Å². The van der Waals surface area contributed by atoms with E-state index in [0.29, 0.717) is 34.3 Å². The van der Waals surface area contributed by atoms with Crippen LogP contribution in [0.3, 0.4) is 0 Å². The van der Waals surface area contributed by atoms with E-state index in [1.165, 1.54) is 16.4 Å². The molecular formula is C26H27ClFN3O5S. The zero-order valence-corrected chi connectivity index (χ0v) is 21.7. The Balaban J connectivity index is 1.64. The summed E-state index contributed by atoms with van der Waals surface area (Å²) in [5, 5.41) is 16.5. The summed E-state index contributed by atoms with van der Waals surface area (Å²) in [7, 11) is -4.08. The van der Waals surface area contributed by atoms with Crippen molar-refractivity contribution in [1.29, 1.82) is 0 Å². The van der Waals surface area contributed by atoms with E-state index in [2.05, 4.69) is 10.6 Å². The van der Waals surface area contributed by atoms with Crippen molar-refractivity contribution in [1.82, 2.24) is 0 Å². The monoisotopic (exact) mass is 547 g/mol. The molecule has 0 fully saturated rings. The molecule has 0 saturated carbocycles. The summed E-state index contributed by atoms with van der Waals surface area (Å²) in [6, 6.07) is 16.3. The van der Waals surface area contributed by atoms with Crippen molar-refractivity contribution < 1.29 is 27.4 Å². The van der Waals surface area contributed by atoms with Crippen molar-refractivity contribution >= 4 is 44.7 Å². The predicted molar refractivity (Wildman–Crippen MR) is 141 cm³/mol. The molecule has 1 heterocycles. The van der Waals surface area contributed by atoms with Crippen molar-refractivity contribution in [3.05, 3.63) is 77.6 Å². The molecule has 3 N–H and O–H groups in total. The van der Waals surface area contributed by atoms with Gasteiger partial charge in [-0.1, -0.05) is 24.9 Å². The number of nitrogens with one attached hydrogen (secondary N) is 2. The molecule has 3 aromatic carbocycles. The first-order valence-electron chi connectivity index (χ1n) is 11.7. The number of carboxylic acids is 1. The van der Waals surface area contributed by atoms with Gasteiger partial charge >= 0.3 is 5.97 Å². The molecule has 4 rings (SSSR count). The number of aliphatic carboxylic acids is 1. The number of benzene rings is 3. The number of ether oxygens (including phenoxy) is 1. The van der Waals surface area contributed by atoms with Gasteiger partial charge in [-0.05, 0) is 73.2 Å². The maximum absolute atomic E-state index is 13.6. The second-order valence-electron chi connectivity index (χ2n) is 8.72. The van der Waals surface area contributed by atoms with Crippen LogP contribution in [0.1, 0.15) is 26.2 Å². The van der Waals surface area contributed by atoms with Gasteiger partial charge in [0, 0.05) is 5.02 Å². The highest BCUT2D eigenvalue weighted by Crippen LogP contribution is 2.41. The molecule has 1 aliphatic heterocycles. The molecule has 0 bridgehead atoms. The molecule has 0 amide bonds. The molecule has 0 aromatic heterocycles. The Morgan fingerprint density at radius 1 is 1.05 bits per heavy atom. The summed E-state index contributed by atoms with van der Waals surface area (Å²) >= 11 is 5.92. The Kier molecular flexibility index (Phi) is 7.79. The van der Waals surface area contributed by atoms with E-state index in [9.17, 15) is 22.7 Å². The molecular weight excluding hydrogens is 521 g/mol. The third-order valence-electron chi connectivity index (χ3n) is 5.95. The van der Waals surface area contributed by atoms with Crippen LogP contribution in [-0.4, -0.2) is 38.3 Å². The molecule has 1 unspecified atom stereocenters. The lowest BCUT2D eigenvalue weighted by Gasteiger charge is -2.29. The summed E-state index contributed by atoms with van der Waals surface area (Å²) in [6.07, 6.45) is 1.13. The van der Waals surface area contributed by atoms with Gasteiger partial charge in [-0.2, -0.15) is 0 Å². The summed E-state index contributed by atoms with van der Waals surface area (Å²) in [5.41, 5.74) is 0.736. The first-order chi connectivity index (χ1) is 17.6. The summed E-state index contributed by atoms with van der Waals surface area (Å²) in [5.74, 6) is -0.974. The molecule has 11 heteroatoms. The molecule has 0 spiro atoms. The highest BCUT2D eigenvalue weighted by molar-refractivity contribution is 7.92. The average molecular weight is 548 g/mol. The van der Waals surface area contributed by atoms with Crippen molar-refractivity contribution in [3.8, 4) is 5.75 Å². The maximum Gasteiger partial charge on any atom is 0.307 e. The first kappa shape index (κ1) is 26.6. The molecule has 37 heavy (non-hydrogen) atoms. The second kappa shape index (κ2) is 10.9. The highest BCUT2D eigenvalue weighted by Gasteiger charge is 2.38. The van der Waals surface area contributed by atoms with Gasteiger partial charge in [-0.3, -0.25) is 9.10 Å². The molecule has 0 aliphatic carbocycles. The van der Waals surface area contributed by atoms with E-state index in [1.807, 2.05) is 6.92 Å². The number of sulfonamides is 1. The van der Waals surface area contributed by atoms with Gasteiger partial charge in [0.25, 0.3) is 10.0 Å². The van der Waals surface area contributed by atoms with Crippen molar-refractivity contribution in [2.75, 3.05) is 28.1 Å². The number of fused-ring (bicyclic) bond motifs is 1. The topological polar surface area (TPSA) is 108 Å². The van der Waals surface area contributed by atoms with Crippen LogP contribution >= 0.6 is 11.6 Å². The third kappa shape index (κ3) is 6.08. The highest BCUT2D eigenvalue weighted by atomic mass is 35.5. The maximum atomic E-state index is 13.6. The zero-order valence-electron chi connectivity index (χ0n) is 20.1. The van der Waals surface area contributed by atoms with E-state index in [-0.39, 0.29) is 24.5 Å². The molecule has 3 aromatic rings. The van der Waals surface area contributed by atoms with Crippen LogP contribution in [0.25, 0.3) is 0 Å². The Morgan fingerprint density at radius 3 is 2.38 bits per heavy atom. The van der Waals surface area contributed by atoms with Gasteiger partial charge in [-0.25, -0.2) is 12.8 Å². The summed E-state index contributed by atoms with van der Waals surface area (Å²) < 4.78 is 47.7. The number of carboxylic acid groups (broad SMARTS) is 1. The Labute approximate surface area is 220 Å². The second-order valence-corrected chi connectivity index (χ2v) is 11.0. The van der Waals surface area contributed by atoms with Crippen molar-refractivity contribution in [2.24, 2.45) is 0 Å². The quantitative estimate of drug-likeness (QED) is 0.288. The molecule has 1 atom stereocenters. The molecule has 8 nitrogen and oxygen atoms in total. The number of hydrogen-bond donors (Lipinski definition) is 3. The average Bonchev–Trinajstić information content (AvgIpc) is 3.19. The largest absolute Gasteiger partial charge is 0.492 e. The summed E-state index contributed by atoms with van der Waals surface area (Å²) in [4.78, 5) is 11.4. The SMILES string of the molecule is CCCC1(CC(=O)O)Nc2ccc(N(CCOc3ccc(Cl)cc3)S(=O)(=O)c3ccc(F)cc3)cc2N1. The van der Waals surface area contributed by atoms with Crippen LogP contribution in [0.2, 0.25) is 5.02 Å². The Bertz CT molecular complexity index is 1370. The number of rotatable bonds is 11. The fourth-order valence-electron chi connectivity index (χ4n) is 4.33. The third-order valence-corrected chi connectivity index (χ3v) is 8.04. The van der Waals surface area contributed by atoms with Gasteiger partial charge in [0.05, 0.1) is 34.9 Å². The summed E-state index contributed by atoms with van der Waals surface area (Å²) in [6.45, 7) is 1.95. The number of hydrogen-bond acceptors (Lipinski definition) is 6. The fraction of sp³-hybridized carbons (Fsp3) is 0.269. The minimum absolute atomic E-state index is 0.0314. The Morgan fingerprint density at radius 2 is 1.73 bits per heavy atom. The van der Waals surface area contributed by atoms with Crippen LogP contribution < -0.4 is 19.7 Å². The molecule has 196 valence electrons. The van der Waals surface area contributed by atoms with Crippen LogP contribution in [-0.2, 0) is 14.8 Å². The molecule has 0 radical (unpaired) electrons. The lowest BCUT2D eigenvalue weighted by atomic mass is 10.0. The number of halogens is 2. The van der Waals surface area contributed by atoms with Crippen LogP contribution in [0.5, 0.6) is 5.75 Å². The van der Waals surface area contributed by atoms with Gasteiger partial charge < -0.3 is 20.5 Å². The smallest absolute Gasteiger partial charge is 0.307 e. The molecule has 0 saturated heterocycles. The number of nitrogens with zero attached hydrogens (tertiary/aromatic N) is 1. The van der Waals surface area contributed by atoms with Crippen LogP contribution in [0.15, 0.2) is 71.6 Å². The van der Waals surface area contributed by atoms with Crippen LogP contribution in [0, 0.1) is 5.82 Å². The standard InChI is InChI=1S/C26H27ClFN3O5S/c1-2-13-26(17-25(32)33)29-23-12-7-20(16-24(23)30-26)31(14-15-36-21-8-3-18(27)4-9-21)37(34,35)22-10-5-19(28)6-11-22/h3-12,16,29-30H,2,13-15,17H2,1H3,(H,32,33). The molecule has 1 aliphatic rings. The van der Waals surface area contributed by atoms with E-state index in [1.54, 1.807) is 42.5 Å². The van der Waals surface area contributed by atoms with E-state index >= 15 is 0 Å². The van der Waals surface area contributed by atoms with Gasteiger partial charge in [0.1, 0.15) is 23.8 Å². The number of anilines is 3. The van der Waals surface area contributed by atoms with Crippen molar-refractivity contribution in [2.45, 2.75) is 36.7 Å². The van der Waals surface area contributed by atoms with Crippen LogP contribution in [0.4, 0.5) is 21.5 Å². The first-order valence-corrected chi connectivity index (χ1v) is 13.5. The van der Waals surface area contributed by atoms with E-state index < -0.39 is 27.5 Å². The lowest BCUT2D eigenvalue weighted by molar-refractivity contribution is -0.138. The van der Waals surface area contributed by atoms with E-state index in [0.717, 1.165) is 18.6 Å². The lowest BCUT2D eigenvalue weighted by Crippen LogP contribution is -2.43. The number of carbonyl (C=O) groups is 1. The van der Waals surface area contributed by atoms with Gasteiger partial charge in [-0.15, -0.1) is 0 Å². The Hall–Kier alpha value is -3.50. The normalized spacial score (nSPS) is 16.4. The van der Waals surface area contributed by atoms with Gasteiger partial charge in [0.2, 0.25) is 0 Å².